The van der Waals surface area contributed by atoms with Crippen LogP contribution in [0.15, 0.2) is 31.9 Å². The van der Waals surface area contributed by atoms with Crippen molar-refractivity contribution in [3.8, 4) is 11.5 Å². The molecule has 0 fully saturated rings. The molecule has 1 aromatic carbocycles. The van der Waals surface area contributed by atoms with E-state index in [1.54, 1.807) is 0 Å². The number of hydrogen-bond acceptors (Lipinski definition) is 3. The molecule has 2 aromatic rings. The molecular formula is C8H4BrIN2O2. The van der Waals surface area contributed by atoms with Crippen LogP contribution in [0.1, 0.15) is 0 Å². The third kappa shape index (κ3) is 1.90. The maximum atomic E-state index is 10.8. The molecular weight excluding hydrogens is 363 g/mol. The molecule has 0 bridgehead atoms. The quantitative estimate of drug-likeness (QED) is 0.788. The molecule has 0 aliphatic carbocycles. The normalized spacial score (nSPS) is 10.4. The summed E-state index contributed by atoms with van der Waals surface area (Å²) in [6.07, 6.45) is 0. The third-order valence-electron chi connectivity index (χ3n) is 1.60. The molecule has 0 aliphatic heterocycles. The highest BCUT2D eigenvalue weighted by Crippen LogP contribution is 2.27. The second-order valence-corrected chi connectivity index (χ2v) is 4.64. The highest BCUT2D eigenvalue weighted by Gasteiger charge is 2.09. The first-order valence-electron chi connectivity index (χ1n) is 3.68. The van der Waals surface area contributed by atoms with Crippen LogP contribution in [-0.2, 0) is 0 Å². The minimum absolute atomic E-state index is 0.292. The van der Waals surface area contributed by atoms with Gasteiger partial charge in [0, 0.05) is 8.04 Å². The van der Waals surface area contributed by atoms with Gasteiger partial charge in [-0.1, -0.05) is 0 Å². The lowest BCUT2D eigenvalue weighted by molar-refractivity contribution is 0.526. The van der Waals surface area contributed by atoms with Crippen LogP contribution >= 0.6 is 38.5 Å². The first-order valence-corrected chi connectivity index (χ1v) is 5.55. The maximum absolute atomic E-state index is 10.8. The number of H-pyrrole nitrogens is 1. The van der Waals surface area contributed by atoms with Crippen molar-refractivity contribution in [1.29, 1.82) is 0 Å². The van der Waals surface area contributed by atoms with E-state index in [0.717, 1.165) is 13.6 Å². The van der Waals surface area contributed by atoms with Gasteiger partial charge in [-0.25, -0.2) is 9.89 Å². The second kappa shape index (κ2) is 3.85. The van der Waals surface area contributed by atoms with Gasteiger partial charge in [0.05, 0.1) is 5.56 Å². The lowest BCUT2D eigenvalue weighted by Gasteiger charge is -1.98. The van der Waals surface area contributed by atoms with E-state index in [1.165, 1.54) is 0 Å². The van der Waals surface area contributed by atoms with Gasteiger partial charge in [0.25, 0.3) is 0 Å². The average molecular weight is 367 g/mol. The summed E-state index contributed by atoms with van der Waals surface area (Å²) < 4.78 is 6.74. The molecule has 0 saturated carbocycles. The average Bonchev–Trinajstić information content (AvgIpc) is 2.56. The van der Waals surface area contributed by atoms with Gasteiger partial charge in [0.1, 0.15) is 0 Å². The first-order chi connectivity index (χ1) is 6.66. The van der Waals surface area contributed by atoms with Gasteiger partial charge in [-0.05, 0) is 56.7 Å². The molecule has 0 saturated heterocycles. The Hall–Kier alpha value is -0.630. The SMILES string of the molecule is O=c1[nH]nc(-c2cc(I)ccc2Br)o1. The van der Waals surface area contributed by atoms with E-state index in [1.807, 2.05) is 18.2 Å². The number of halogens is 2. The van der Waals surface area contributed by atoms with Crippen molar-refractivity contribution in [2.45, 2.75) is 0 Å². The minimum atomic E-state index is -0.550. The van der Waals surface area contributed by atoms with Gasteiger partial charge in [-0.15, -0.1) is 5.10 Å². The predicted octanol–water partition coefficient (Wildman–Crippen LogP) is 2.40. The maximum Gasteiger partial charge on any atom is 0.434 e. The van der Waals surface area contributed by atoms with Crippen molar-refractivity contribution < 1.29 is 4.42 Å². The number of hydrogen-bond donors (Lipinski definition) is 1. The number of benzene rings is 1. The number of nitrogens with one attached hydrogen (secondary N) is 1. The highest BCUT2D eigenvalue weighted by molar-refractivity contribution is 14.1. The number of nitrogens with zero attached hydrogens (tertiary/aromatic N) is 1. The Bertz CT molecular complexity index is 520. The molecule has 0 radical (unpaired) electrons. The molecule has 6 heteroatoms. The Balaban J connectivity index is 2.61. The fourth-order valence-electron chi connectivity index (χ4n) is 1.01. The standard InChI is InChI=1S/C8H4BrIN2O2/c9-6-2-1-4(10)3-5(6)7-11-12-8(13)14-7/h1-3H,(H,12,13). The van der Waals surface area contributed by atoms with Crippen molar-refractivity contribution in [3.63, 3.8) is 0 Å². The first kappa shape index (κ1) is 9.91. The lowest BCUT2D eigenvalue weighted by atomic mass is 10.2. The Morgan fingerprint density at radius 2 is 2.29 bits per heavy atom. The summed E-state index contributed by atoms with van der Waals surface area (Å²) in [5, 5.41) is 5.97. The largest absolute Gasteiger partial charge is 0.434 e. The molecule has 14 heavy (non-hydrogen) atoms. The van der Waals surface area contributed by atoms with Gasteiger partial charge in [-0.3, -0.25) is 0 Å². The van der Waals surface area contributed by atoms with Crippen LogP contribution in [0.2, 0.25) is 0 Å². The van der Waals surface area contributed by atoms with Crippen LogP contribution in [0.3, 0.4) is 0 Å². The molecule has 1 N–H and O–H groups in total. The Morgan fingerprint density at radius 1 is 1.50 bits per heavy atom. The summed E-state index contributed by atoms with van der Waals surface area (Å²) in [5.41, 5.74) is 0.759. The minimum Gasteiger partial charge on any atom is -0.388 e. The van der Waals surface area contributed by atoms with Crippen LogP contribution in [0.5, 0.6) is 0 Å². The topological polar surface area (TPSA) is 58.9 Å². The van der Waals surface area contributed by atoms with Gasteiger partial charge in [0.15, 0.2) is 0 Å². The van der Waals surface area contributed by atoms with Crippen LogP contribution < -0.4 is 5.76 Å². The van der Waals surface area contributed by atoms with E-state index < -0.39 is 5.76 Å². The van der Waals surface area contributed by atoms with Gasteiger partial charge in [-0.2, -0.15) is 0 Å². The Labute approximate surface area is 101 Å². The zero-order valence-corrected chi connectivity index (χ0v) is 10.5. The summed E-state index contributed by atoms with van der Waals surface area (Å²) in [6.45, 7) is 0. The third-order valence-corrected chi connectivity index (χ3v) is 2.96. The van der Waals surface area contributed by atoms with Crippen LogP contribution in [0.4, 0.5) is 0 Å². The Morgan fingerprint density at radius 3 is 2.93 bits per heavy atom. The second-order valence-electron chi connectivity index (χ2n) is 2.54. The van der Waals surface area contributed by atoms with E-state index in [2.05, 4.69) is 48.7 Å². The van der Waals surface area contributed by atoms with E-state index >= 15 is 0 Å². The molecule has 72 valence electrons. The molecule has 4 nitrogen and oxygen atoms in total. The summed E-state index contributed by atoms with van der Waals surface area (Å²) in [7, 11) is 0. The fourth-order valence-corrected chi connectivity index (χ4v) is 1.91. The Kier molecular flexibility index (Phi) is 2.73. The number of aromatic nitrogens is 2. The number of rotatable bonds is 1. The van der Waals surface area contributed by atoms with E-state index in [9.17, 15) is 4.79 Å². The van der Waals surface area contributed by atoms with Crippen LogP contribution in [0.25, 0.3) is 11.5 Å². The van der Waals surface area contributed by atoms with Crippen molar-refractivity contribution in [3.05, 3.63) is 36.8 Å². The molecule has 1 heterocycles. The van der Waals surface area contributed by atoms with Crippen LogP contribution in [-0.4, -0.2) is 10.2 Å². The summed E-state index contributed by atoms with van der Waals surface area (Å²) in [5.74, 6) is -0.258. The monoisotopic (exact) mass is 366 g/mol. The lowest BCUT2D eigenvalue weighted by Crippen LogP contribution is -1.93. The summed E-state index contributed by atoms with van der Waals surface area (Å²) >= 11 is 5.53. The molecule has 0 aliphatic rings. The van der Waals surface area contributed by atoms with Crippen molar-refractivity contribution in [1.82, 2.24) is 10.2 Å². The highest BCUT2D eigenvalue weighted by atomic mass is 127. The molecule has 0 amide bonds. The van der Waals surface area contributed by atoms with E-state index in [0.29, 0.717) is 5.89 Å². The van der Waals surface area contributed by atoms with Crippen molar-refractivity contribution in [2.24, 2.45) is 0 Å². The zero-order chi connectivity index (χ0) is 10.1. The zero-order valence-electron chi connectivity index (χ0n) is 6.75. The van der Waals surface area contributed by atoms with Crippen molar-refractivity contribution >= 4 is 38.5 Å². The smallest absolute Gasteiger partial charge is 0.388 e. The molecule has 0 atom stereocenters. The molecule has 2 rings (SSSR count). The van der Waals surface area contributed by atoms with Gasteiger partial charge < -0.3 is 4.42 Å². The van der Waals surface area contributed by atoms with Gasteiger partial charge >= 0.3 is 5.76 Å². The number of aromatic amines is 1. The molecule has 1 aromatic heterocycles. The van der Waals surface area contributed by atoms with E-state index in [-0.39, 0.29) is 0 Å². The van der Waals surface area contributed by atoms with Crippen LogP contribution in [0, 0.1) is 3.57 Å². The van der Waals surface area contributed by atoms with Crippen molar-refractivity contribution in [2.75, 3.05) is 0 Å². The van der Waals surface area contributed by atoms with E-state index in [4.69, 9.17) is 4.42 Å². The summed E-state index contributed by atoms with van der Waals surface area (Å²) in [6, 6.07) is 5.70. The predicted molar refractivity (Wildman–Crippen MR) is 63.0 cm³/mol. The molecule has 0 spiro atoms. The fraction of sp³-hybridized carbons (Fsp3) is 0. The summed E-state index contributed by atoms with van der Waals surface area (Å²) in [4.78, 5) is 10.8. The molecule has 0 unspecified atom stereocenters. The van der Waals surface area contributed by atoms with Gasteiger partial charge in [0.2, 0.25) is 5.89 Å².